The maximum Gasteiger partial charge on any atom is 0.149 e. The van der Waals surface area contributed by atoms with Gasteiger partial charge in [0.2, 0.25) is 0 Å². The van der Waals surface area contributed by atoms with E-state index in [0.29, 0.717) is 17.6 Å². The zero-order chi connectivity index (χ0) is 13.8. The highest BCUT2D eigenvalue weighted by atomic mass is 79.9. The third-order valence-electron chi connectivity index (χ3n) is 2.57. The molecule has 1 atom stereocenters. The zero-order valence-electron chi connectivity index (χ0n) is 10.3. The molecule has 0 amide bonds. The molecular formula is C12H16BrClFNO2. The van der Waals surface area contributed by atoms with E-state index in [0.717, 1.165) is 0 Å². The van der Waals surface area contributed by atoms with Gasteiger partial charge in [0.05, 0.1) is 11.6 Å². The van der Waals surface area contributed by atoms with Crippen LogP contribution >= 0.6 is 27.5 Å². The van der Waals surface area contributed by atoms with Crippen molar-refractivity contribution in [1.29, 1.82) is 0 Å². The van der Waals surface area contributed by atoms with Gasteiger partial charge in [-0.3, -0.25) is 0 Å². The Bertz CT molecular complexity index is 415. The number of hydrogen-bond acceptors (Lipinski definition) is 3. The van der Waals surface area contributed by atoms with Crippen molar-refractivity contribution in [3.8, 4) is 0 Å². The van der Waals surface area contributed by atoms with Gasteiger partial charge in [0, 0.05) is 30.2 Å². The summed E-state index contributed by atoms with van der Waals surface area (Å²) < 4.78 is 19.3. The van der Waals surface area contributed by atoms with Crippen molar-refractivity contribution in [2.75, 3.05) is 26.8 Å². The van der Waals surface area contributed by atoms with Gasteiger partial charge in [0.1, 0.15) is 11.4 Å². The molecule has 1 aromatic carbocycles. The molecule has 102 valence electrons. The first-order chi connectivity index (χ1) is 8.40. The van der Waals surface area contributed by atoms with Crippen molar-refractivity contribution < 1.29 is 14.2 Å². The van der Waals surface area contributed by atoms with E-state index >= 15 is 0 Å². The lowest BCUT2D eigenvalue weighted by Gasteiger charge is -2.25. The summed E-state index contributed by atoms with van der Waals surface area (Å²) in [7, 11) is 1.59. The highest BCUT2D eigenvalue weighted by Gasteiger charge is 2.27. The fraction of sp³-hybridized carbons (Fsp3) is 0.500. The normalized spacial score (nSPS) is 14.6. The predicted octanol–water partition coefficient (Wildman–Crippen LogP) is 2.69. The first-order valence-corrected chi connectivity index (χ1v) is 6.63. The molecule has 6 heteroatoms. The second-order valence-corrected chi connectivity index (χ2v) is 5.40. The number of benzene rings is 1. The summed E-state index contributed by atoms with van der Waals surface area (Å²) in [6, 6.07) is 3.13. The first kappa shape index (κ1) is 15.9. The third kappa shape index (κ3) is 3.90. The molecule has 3 nitrogen and oxygen atoms in total. The molecule has 0 aliphatic heterocycles. The monoisotopic (exact) mass is 339 g/mol. The van der Waals surface area contributed by atoms with Crippen LogP contribution in [0, 0.1) is 5.82 Å². The van der Waals surface area contributed by atoms with Crippen LogP contribution in [0.5, 0.6) is 0 Å². The second-order valence-electron chi connectivity index (χ2n) is 4.17. The average Bonchev–Trinajstić information content (AvgIpc) is 2.31. The predicted molar refractivity (Wildman–Crippen MR) is 73.4 cm³/mol. The summed E-state index contributed by atoms with van der Waals surface area (Å²) in [4.78, 5) is 0. The van der Waals surface area contributed by atoms with Crippen molar-refractivity contribution in [3.05, 3.63) is 33.0 Å². The van der Waals surface area contributed by atoms with Crippen molar-refractivity contribution >= 4 is 27.5 Å². The molecule has 0 bridgehead atoms. The number of methoxy groups -OCH3 is 1. The number of ether oxygens (including phenoxy) is 1. The molecule has 0 heterocycles. The van der Waals surface area contributed by atoms with Gasteiger partial charge in [-0.25, -0.2) is 4.39 Å². The Kier molecular flexibility index (Phi) is 6.01. The zero-order valence-corrected chi connectivity index (χ0v) is 12.6. The average molecular weight is 341 g/mol. The molecule has 0 saturated carbocycles. The van der Waals surface area contributed by atoms with Crippen LogP contribution in [0.25, 0.3) is 0 Å². The fourth-order valence-corrected chi connectivity index (χ4v) is 2.01. The summed E-state index contributed by atoms with van der Waals surface area (Å²) in [5.74, 6) is -0.607. The van der Waals surface area contributed by atoms with Crippen molar-refractivity contribution in [3.63, 3.8) is 0 Å². The van der Waals surface area contributed by atoms with E-state index in [1.54, 1.807) is 13.2 Å². The van der Waals surface area contributed by atoms with Crippen molar-refractivity contribution in [2.45, 2.75) is 12.5 Å². The molecule has 2 N–H and O–H groups in total. The Morgan fingerprint density at radius 1 is 1.56 bits per heavy atom. The number of nitrogens with one attached hydrogen (secondary N) is 1. The summed E-state index contributed by atoms with van der Waals surface area (Å²) >= 11 is 8.93. The molecule has 0 aromatic heterocycles. The summed E-state index contributed by atoms with van der Waals surface area (Å²) in [6.45, 7) is 2.86. The minimum atomic E-state index is -1.33. The molecule has 0 spiro atoms. The molecule has 1 aromatic rings. The van der Waals surface area contributed by atoms with E-state index in [1.807, 2.05) is 0 Å². The van der Waals surface area contributed by atoms with Crippen LogP contribution in [0.3, 0.4) is 0 Å². The quantitative estimate of drug-likeness (QED) is 0.618. The van der Waals surface area contributed by atoms with Crippen LogP contribution in [0.2, 0.25) is 5.02 Å². The molecule has 1 rings (SSSR count). The maximum atomic E-state index is 14.0. The largest absolute Gasteiger partial charge is 0.384 e. The van der Waals surface area contributed by atoms with Crippen LogP contribution in [0.1, 0.15) is 12.5 Å². The summed E-state index contributed by atoms with van der Waals surface area (Å²) in [5.41, 5.74) is -1.16. The van der Waals surface area contributed by atoms with Gasteiger partial charge in [-0.2, -0.15) is 0 Å². The van der Waals surface area contributed by atoms with E-state index in [-0.39, 0.29) is 17.1 Å². The van der Waals surface area contributed by atoms with Gasteiger partial charge >= 0.3 is 0 Å². The van der Waals surface area contributed by atoms with Crippen molar-refractivity contribution in [1.82, 2.24) is 5.32 Å². The van der Waals surface area contributed by atoms with Gasteiger partial charge in [-0.1, -0.05) is 17.7 Å². The standard InChI is InChI=1S/C12H16BrClFNO2/c1-12(17,7-16-5-6-18-2)8-3-4-9(13)10(14)11(8)15/h3-4,16-17H,5-7H2,1-2H3. The van der Waals surface area contributed by atoms with E-state index in [9.17, 15) is 9.50 Å². The molecule has 0 radical (unpaired) electrons. The van der Waals surface area contributed by atoms with E-state index in [1.165, 1.54) is 13.0 Å². The lowest BCUT2D eigenvalue weighted by Crippen LogP contribution is -2.37. The van der Waals surface area contributed by atoms with Gasteiger partial charge < -0.3 is 15.2 Å². The lowest BCUT2D eigenvalue weighted by atomic mass is 9.95. The van der Waals surface area contributed by atoms with Gasteiger partial charge in [-0.15, -0.1) is 0 Å². The van der Waals surface area contributed by atoms with Gasteiger partial charge in [0.25, 0.3) is 0 Å². The van der Waals surface area contributed by atoms with Gasteiger partial charge in [-0.05, 0) is 28.9 Å². The smallest absolute Gasteiger partial charge is 0.149 e. The van der Waals surface area contributed by atoms with Crippen LogP contribution in [0.15, 0.2) is 16.6 Å². The summed E-state index contributed by atoms with van der Waals surface area (Å²) in [6.07, 6.45) is 0. The van der Waals surface area contributed by atoms with Crippen LogP contribution < -0.4 is 5.32 Å². The Hall–Kier alpha value is -0.200. The Morgan fingerprint density at radius 3 is 2.83 bits per heavy atom. The highest BCUT2D eigenvalue weighted by Crippen LogP contribution is 2.32. The number of hydrogen-bond donors (Lipinski definition) is 2. The molecule has 0 aliphatic carbocycles. The molecule has 1 unspecified atom stereocenters. The number of aliphatic hydroxyl groups is 1. The Balaban J connectivity index is 2.81. The number of rotatable bonds is 6. The highest BCUT2D eigenvalue weighted by molar-refractivity contribution is 9.10. The maximum absolute atomic E-state index is 14.0. The van der Waals surface area contributed by atoms with Crippen LogP contribution in [-0.4, -0.2) is 31.9 Å². The lowest BCUT2D eigenvalue weighted by molar-refractivity contribution is 0.0513. The molecule has 0 fully saturated rings. The van der Waals surface area contributed by atoms with E-state index in [4.69, 9.17) is 16.3 Å². The minimum absolute atomic E-state index is 0.0235. The molecule has 0 aliphatic rings. The van der Waals surface area contributed by atoms with Gasteiger partial charge in [0.15, 0.2) is 0 Å². The van der Waals surface area contributed by atoms with Crippen LogP contribution in [-0.2, 0) is 10.3 Å². The second kappa shape index (κ2) is 6.82. The molecule has 0 saturated heterocycles. The third-order valence-corrected chi connectivity index (χ3v) is 3.83. The minimum Gasteiger partial charge on any atom is -0.384 e. The van der Waals surface area contributed by atoms with Crippen molar-refractivity contribution in [2.24, 2.45) is 0 Å². The Labute approximate surface area is 119 Å². The number of halogens is 3. The van der Waals surface area contributed by atoms with E-state index < -0.39 is 11.4 Å². The Morgan fingerprint density at radius 2 is 2.22 bits per heavy atom. The van der Waals surface area contributed by atoms with Crippen LogP contribution in [0.4, 0.5) is 4.39 Å². The van der Waals surface area contributed by atoms with E-state index in [2.05, 4.69) is 21.2 Å². The molecular weight excluding hydrogens is 324 g/mol. The topological polar surface area (TPSA) is 41.5 Å². The fourth-order valence-electron chi connectivity index (χ4n) is 1.54. The first-order valence-electron chi connectivity index (χ1n) is 5.46. The molecule has 18 heavy (non-hydrogen) atoms. The summed E-state index contributed by atoms with van der Waals surface area (Å²) in [5, 5.41) is 13.2. The SMILES string of the molecule is COCCNCC(C)(O)c1ccc(Br)c(Cl)c1F.